The summed E-state index contributed by atoms with van der Waals surface area (Å²) < 4.78 is 16.3. The van der Waals surface area contributed by atoms with Gasteiger partial charge in [0.05, 0.1) is 32.1 Å². The molecule has 0 radical (unpaired) electrons. The van der Waals surface area contributed by atoms with Crippen molar-refractivity contribution in [3.63, 3.8) is 0 Å². The van der Waals surface area contributed by atoms with Crippen LogP contribution in [-0.2, 0) is 6.54 Å². The standard InChI is InChI=1S/C19H22ClNO5/c1-4-7-26-18-10-14(20)13(9-17(18)25-3)11-21-15-8-12(19(22)23)5-6-16(15)24-2/h5-6,8-10,21H,4,7,11H2,1-3H3,(H,22,23). The molecule has 0 saturated heterocycles. The minimum Gasteiger partial charge on any atom is -0.495 e. The van der Waals surface area contributed by atoms with Crippen molar-refractivity contribution in [2.45, 2.75) is 19.9 Å². The van der Waals surface area contributed by atoms with Gasteiger partial charge >= 0.3 is 5.97 Å². The normalized spacial score (nSPS) is 10.3. The lowest BCUT2D eigenvalue weighted by atomic mass is 10.1. The summed E-state index contributed by atoms with van der Waals surface area (Å²) in [6, 6.07) is 8.13. The van der Waals surface area contributed by atoms with Gasteiger partial charge in [0.25, 0.3) is 0 Å². The quantitative estimate of drug-likeness (QED) is 0.670. The Morgan fingerprint density at radius 3 is 2.46 bits per heavy atom. The van der Waals surface area contributed by atoms with Crippen molar-refractivity contribution in [2.24, 2.45) is 0 Å². The molecule has 2 aromatic carbocycles. The van der Waals surface area contributed by atoms with Crippen LogP contribution in [0.3, 0.4) is 0 Å². The number of methoxy groups -OCH3 is 2. The van der Waals surface area contributed by atoms with Crippen molar-refractivity contribution in [3.8, 4) is 17.2 Å². The van der Waals surface area contributed by atoms with Crippen molar-refractivity contribution >= 4 is 23.3 Å². The number of carboxylic acids is 1. The van der Waals surface area contributed by atoms with Crippen LogP contribution in [-0.4, -0.2) is 31.9 Å². The lowest BCUT2D eigenvalue weighted by Crippen LogP contribution is -2.05. The molecule has 0 aliphatic rings. The molecule has 7 heteroatoms. The molecule has 0 spiro atoms. The molecular weight excluding hydrogens is 358 g/mol. The van der Waals surface area contributed by atoms with Gasteiger partial charge in [-0.2, -0.15) is 0 Å². The van der Waals surface area contributed by atoms with E-state index in [1.807, 2.05) is 6.92 Å². The van der Waals surface area contributed by atoms with E-state index in [4.69, 9.17) is 30.9 Å². The van der Waals surface area contributed by atoms with E-state index in [-0.39, 0.29) is 5.56 Å². The summed E-state index contributed by atoms with van der Waals surface area (Å²) in [5, 5.41) is 12.8. The van der Waals surface area contributed by atoms with Crippen LogP contribution in [0.15, 0.2) is 30.3 Å². The summed E-state index contributed by atoms with van der Waals surface area (Å²) in [5.74, 6) is 0.716. The van der Waals surface area contributed by atoms with E-state index in [9.17, 15) is 4.79 Å². The van der Waals surface area contributed by atoms with Crippen LogP contribution in [0, 0.1) is 0 Å². The Hall–Kier alpha value is -2.60. The van der Waals surface area contributed by atoms with Crippen molar-refractivity contribution in [1.82, 2.24) is 0 Å². The Balaban J connectivity index is 2.24. The summed E-state index contributed by atoms with van der Waals surface area (Å²) >= 11 is 6.36. The zero-order chi connectivity index (χ0) is 19.1. The fraction of sp³-hybridized carbons (Fsp3) is 0.316. The molecule has 0 fully saturated rings. The van der Waals surface area contributed by atoms with E-state index in [2.05, 4.69) is 5.32 Å². The average Bonchev–Trinajstić information content (AvgIpc) is 2.65. The van der Waals surface area contributed by atoms with E-state index in [0.717, 1.165) is 12.0 Å². The number of benzene rings is 2. The fourth-order valence-corrected chi connectivity index (χ4v) is 2.59. The Morgan fingerprint density at radius 2 is 1.85 bits per heavy atom. The molecule has 0 unspecified atom stereocenters. The maximum atomic E-state index is 11.2. The van der Waals surface area contributed by atoms with Gasteiger partial charge in [-0.25, -0.2) is 4.79 Å². The van der Waals surface area contributed by atoms with E-state index < -0.39 is 5.97 Å². The molecule has 2 N–H and O–H groups in total. The van der Waals surface area contributed by atoms with Gasteiger partial charge in [-0.3, -0.25) is 0 Å². The van der Waals surface area contributed by atoms with Crippen LogP contribution in [0.1, 0.15) is 29.3 Å². The fourth-order valence-electron chi connectivity index (χ4n) is 2.37. The monoisotopic (exact) mass is 379 g/mol. The SMILES string of the molecule is CCCOc1cc(Cl)c(CNc2cc(C(=O)O)ccc2OC)cc1OC. The highest BCUT2D eigenvalue weighted by atomic mass is 35.5. The molecular formula is C19H22ClNO5. The van der Waals surface area contributed by atoms with E-state index in [1.165, 1.54) is 19.2 Å². The third-order valence-electron chi connectivity index (χ3n) is 3.71. The second-order valence-electron chi connectivity index (χ2n) is 5.52. The Labute approximate surface area is 157 Å². The van der Waals surface area contributed by atoms with E-state index in [0.29, 0.717) is 41.1 Å². The zero-order valence-corrected chi connectivity index (χ0v) is 15.7. The van der Waals surface area contributed by atoms with Crippen LogP contribution >= 0.6 is 11.6 Å². The lowest BCUT2D eigenvalue weighted by Gasteiger charge is -2.15. The minimum absolute atomic E-state index is 0.167. The second-order valence-corrected chi connectivity index (χ2v) is 5.92. The first-order chi connectivity index (χ1) is 12.5. The van der Waals surface area contributed by atoms with Gasteiger partial charge in [0.2, 0.25) is 0 Å². The molecule has 0 aliphatic heterocycles. The van der Waals surface area contributed by atoms with Gasteiger partial charge in [0.1, 0.15) is 5.75 Å². The van der Waals surface area contributed by atoms with E-state index >= 15 is 0 Å². The van der Waals surface area contributed by atoms with Crippen LogP contribution in [0.2, 0.25) is 5.02 Å². The number of hydrogen-bond donors (Lipinski definition) is 2. The Kier molecular flexibility index (Phi) is 6.97. The van der Waals surface area contributed by atoms with Gasteiger partial charge in [0.15, 0.2) is 11.5 Å². The molecule has 0 heterocycles. The number of anilines is 1. The maximum Gasteiger partial charge on any atom is 0.335 e. The number of nitrogens with one attached hydrogen (secondary N) is 1. The number of aromatic carboxylic acids is 1. The van der Waals surface area contributed by atoms with E-state index in [1.54, 1.807) is 25.3 Å². The smallest absolute Gasteiger partial charge is 0.335 e. The van der Waals surface area contributed by atoms with Crippen molar-refractivity contribution < 1.29 is 24.1 Å². The summed E-state index contributed by atoms with van der Waals surface area (Å²) in [5.41, 5.74) is 1.52. The van der Waals surface area contributed by atoms with Gasteiger partial charge in [0, 0.05) is 17.6 Å². The average molecular weight is 380 g/mol. The van der Waals surface area contributed by atoms with Crippen LogP contribution in [0.25, 0.3) is 0 Å². The highest BCUT2D eigenvalue weighted by molar-refractivity contribution is 6.31. The second kappa shape index (κ2) is 9.20. The topological polar surface area (TPSA) is 77.0 Å². The molecule has 26 heavy (non-hydrogen) atoms. The third-order valence-corrected chi connectivity index (χ3v) is 4.06. The molecule has 0 aromatic heterocycles. The first kappa shape index (κ1) is 19.7. The van der Waals surface area contributed by atoms with Crippen molar-refractivity contribution in [1.29, 1.82) is 0 Å². The van der Waals surface area contributed by atoms with Gasteiger partial charge in [-0.15, -0.1) is 0 Å². The van der Waals surface area contributed by atoms with Gasteiger partial charge in [-0.1, -0.05) is 18.5 Å². The number of hydrogen-bond acceptors (Lipinski definition) is 5. The number of halogens is 1. The Morgan fingerprint density at radius 1 is 1.12 bits per heavy atom. The predicted octanol–water partition coefficient (Wildman–Crippen LogP) is 4.46. The minimum atomic E-state index is -1.01. The molecule has 0 aliphatic carbocycles. The molecule has 0 atom stereocenters. The van der Waals surface area contributed by atoms with Crippen molar-refractivity contribution in [3.05, 3.63) is 46.5 Å². The van der Waals surface area contributed by atoms with Crippen LogP contribution in [0.4, 0.5) is 5.69 Å². The molecule has 0 bridgehead atoms. The number of carboxylic acid groups (broad SMARTS) is 1. The Bertz CT molecular complexity index is 779. The number of carbonyl (C=O) groups is 1. The van der Waals surface area contributed by atoms with Crippen molar-refractivity contribution in [2.75, 3.05) is 26.1 Å². The highest BCUT2D eigenvalue weighted by Gasteiger charge is 2.13. The van der Waals surface area contributed by atoms with Gasteiger partial charge < -0.3 is 24.6 Å². The summed E-state index contributed by atoms with van der Waals surface area (Å²) in [6.45, 7) is 2.96. The van der Waals surface area contributed by atoms with Gasteiger partial charge in [-0.05, 0) is 36.2 Å². The first-order valence-corrected chi connectivity index (χ1v) is 8.52. The molecule has 2 aromatic rings. The molecule has 140 valence electrons. The first-order valence-electron chi connectivity index (χ1n) is 8.14. The summed E-state index contributed by atoms with van der Waals surface area (Å²) in [6.07, 6.45) is 0.879. The molecule has 6 nitrogen and oxygen atoms in total. The highest BCUT2D eigenvalue weighted by Crippen LogP contribution is 2.34. The van der Waals surface area contributed by atoms with Crippen LogP contribution < -0.4 is 19.5 Å². The summed E-state index contributed by atoms with van der Waals surface area (Å²) in [7, 11) is 3.09. The zero-order valence-electron chi connectivity index (χ0n) is 15.0. The third kappa shape index (κ3) is 4.73. The number of rotatable bonds is 9. The van der Waals surface area contributed by atoms with Crippen LogP contribution in [0.5, 0.6) is 17.2 Å². The largest absolute Gasteiger partial charge is 0.495 e. The molecule has 0 amide bonds. The maximum absolute atomic E-state index is 11.2. The predicted molar refractivity (Wildman–Crippen MR) is 101 cm³/mol. The molecule has 0 saturated carbocycles. The lowest BCUT2D eigenvalue weighted by molar-refractivity contribution is 0.0697. The summed E-state index contributed by atoms with van der Waals surface area (Å²) in [4.78, 5) is 11.2. The molecule has 2 rings (SSSR count). The number of ether oxygens (including phenoxy) is 3.